The van der Waals surface area contributed by atoms with Gasteiger partial charge in [0.25, 0.3) is 11.8 Å². The first-order chi connectivity index (χ1) is 9.93. The Hall–Kier alpha value is -1.95. The number of rotatable bonds is 4. The third-order valence-electron chi connectivity index (χ3n) is 3.51. The smallest absolute Gasteiger partial charge is 0.255 e. The molecule has 2 N–H and O–H groups in total. The number of benzene rings is 1. The Labute approximate surface area is 129 Å². The highest BCUT2D eigenvalue weighted by atomic mass is 32.1. The topological polar surface area (TPSA) is 61.4 Å². The predicted molar refractivity (Wildman–Crippen MR) is 86.3 cm³/mol. The highest BCUT2D eigenvalue weighted by Crippen LogP contribution is 2.20. The fourth-order valence-corrected chi connectivity index (χ4v) is 2.39. The molecule has 1 fully saturated rings. The lowest BCUT2D eigenvalue weighted by Crippen LogP contribution is -2.32. The van der Waals surface area contributed by atoms with Crippen molar-refractivity contribution in [2.45, 2.75) is 39.3 Å². The maximum absolute atomic E-state index is 12.0. The van der Waals surface area contributed by atoms with E-state index in [0.717, 1.165) is 6.42 Å². The van der Waals surface area contributed by atoms with Gasteiger partial charge < -0.3 is 10.6 Å². The summed E-state index contributed by atoms with van der Waals surface area (Å²) < 4.78 is 0. The summed E-state index contributed by atoms with van der Waals surface area (Å²) in [6, 6.07) is 6.68. The molecule has 0 spiro atoms. The second-order valence-corrected chi connectivity index (χ2v) is 5.56. The van der Waals surface area contributed by atoms with Crippen LogP contribution in [0.1, 0.15) is 37.6 Å². The maximum Gasteiger partial charge on any atom is 0.255 e. The SMILES string of the molecule is CC[C@@H](C)NC(=O)c1ccc(N2C(=O)[C@H](C)NC2=S)cc1. The lowest BCUT2D eigenvalue weighted by Gasteiger charge is -2.16. The molecular weight excluding hydrogens is 286 g/mol. The number of carbonyl (C=O) groups is 2. The summed E-state index contributed by atoms with van der Waals surface area (Å²) in [5.74, 6) is -0.200. The van der Waals surface area contributed by atoms with Crippen molar-refractivity contribution in [1.82, 2.24) is 10.6 Å². The molecule has 112 valence electrons. The van der Waals surface area contributed by atoms with Gasteiger partial charge in [-0.1, -0.05) is 6.92 Å². The zero-order valence-corrected chi connectivity index (χ0v) is 13.2. The number of amides is 2. The Morgan fingerprint density at radius 3 is 2.52 bits per heavy atom. The molecule has 2 atom stereocenters. The molecule has 1 aliphatic heterocycles. The van der Waals surface area contributed by atoms with Crippen LogP contribution < -0.4 is 15.5 Å². The van der Waals surface area contributed by atoms with Crippen LogP contribution >= 0.6 is 12.2 Å². The Morgan fingerprint density at radius 2 is 2.05 bits per heavy atom. The number of nitrogens with one attached hydrogen (secondary N) is 2. The van der Waals surface area contributed by atoms with Crippen LogP contribution in [0.2, 0.25) is 0 Å². The molecule has 5 nitrogen and oxygen atoms in total. The molecule has 0 aromatic heterocycles. The van der Waals surface area contributed by atoms with Gasteiger partial charge in [0, 0.05) is 11.6 Å². The minimum absolute atomic E-state index is 0.0863. The minimum Gasteiger partial charge on any atom is -0.350 e. The normalized spacial score (nSPS) is 19.4. The quantitative estimate of drug-likeness (QED) is 0.833. The van der Waals surface area contributed by atoms with Gasteiger partial charge in [0.05, 0.1) is 5.69 Å². The van der Waals surface area contributed by atoms with Crippen LogP contribution in [0.25, 0.3) is 0 Å². The van der Waals surface area contributed by atoms with Crippen LogP contribution in [-0.2, 0) is 4.79 Å². The highest BCUT2D eigenvalue weighted by molar-refractivity contribution is 7.80. The van der Waals surface area contributed by atoms with Gasteiger partial charge >= 0.3 is 0 Å². The molecule has 0 aliphatic carbocycles. The lowest BCUT2D eigenvalue weighted by atomic mass is 10.1. The Bertz CT molecular complexity index is 571. The van der Waals surface area contributed by atoms with Crippen LogP contribution in [-0.4, -0.2) is 29.0 Å². The van der Waals surface area contributed by atoms with Gasteiger partial charge in [-0.3, -0.25) is 14.5 Å². The highest BCUT2D eigenvalue weighted by Gasteiger charge is 2.33. The van der Waals surface area contributed by atoms with E-state index in [1.165, 1.54) is 4.90 Å². The van der Waals surface area contributed by atoms with Crippen LogP contribution in [0, 0.1) is 0 Å². The average Bonchev–Trinajstić information content (AvgIpc) is 2.72. The summed E-state index contributed by atoms with van der Waals surface area (Å²) in [7, 11) is 0. The van der Waals surface area contributed by atoms with Crippen molar-refractivity contribution in [1.29, 1.82) is 0 Å². The fraction of sp³-hybridized carbons (Fsp3) is 0.400. The van der Waals surface area contributed by atoms with Gasteiger partial charge in [0.15, 0.2) is 5.11 Å². The molecule has 1 aliphatic rings. The Balaban J connectivity index is 2.14. The molecule has 0 bridgehead atoms. The first-order valence-corrected chi connectivity index (χ1v) is 7.40. The van der Waals surface area contributed by atoms with Gasteiger partial charge in [-0.25, -0.2) is 0 Å². The lowest BCUT2D eigenvalue weighted by molar-refractivity contribution is -0.117. The minimum atomic E-state index is -0.314. The standard InChI is InChI=1S/C15H19N3O2S/c1-4-9(2)16-13(19)11-5-7-12(8-6-11)18-14(20)10(3)17-15(18)21/h5-10H,4H2,1-3H3,(H,16,19)(H,17,21)/t9-,10+/m1/s1. The molecule has 21 heavy (non-hydrogen) atoms. The summed E-state index contributed by atoms with van der Waals surface area (Å²) in [6.45, 7) is 5.74. The first kappa shape index (κ1) is 15.4. The van der Waals surface area contributed by atoms with Crippen LogP contribution in [0.5, 0.6) is 0 Å². The zero-order chi connectivity index (χ0) is 15.6. The summed E-state index contributed by atoms with van der Waals surface area (Å²) in [4.78, 5) is 25.5. The first-order valence-electron chi connectivity index (χ1n) is 6.99. The van der Waals surface area contributed by atoms with E-state index in [9.17, 15) is 9.59 Å². The van der Waals surface area contributed by atoms with Gasteiger partial charge in [0.2, 0.25) is 0 Å². The van der Waals surface area contributed by atoms with Gasteiger partial charge in [0.1, 0.15) is 6.04 Å². The van der Waals surface area contributed by atoms with E-state index in [-0.39, 0.29) is 23.9 Å². The van der Waals surface area contributed by atoms with E-state index >= 15 is 0 Å². The van der Waals surface area contributed by atoms with Crippen molar-refractivity contribution in [2.75, 3.05) is 4.90 Å². The van der Waals surface area contributed by atoms with E-state index in [1.807, 2.05) is 13.8 Å². The average molecular weight is 305 g/mol. The number of nitrogens with zero attached hydrogens (tertiary/aromatic N) is 1. The van der Waals surface area contributed by atoms with Gasteiger partial charge in [-0.05, 0) is 56.8 Å². The van der Waals surface area contributed by atoms with Crippen molar-refractivity contribution in [3.8, 4) is 0 Å². The monoisotopic (exact) mass is 305 g/mol. The molecule has 6 heteroatoms. The molecule has 2 rings (SSSR count). The molecule has 1 aromatic rings. The third-order valence-corrected chi connectivity index (χ3v) is 3.81. The summed E-state index contributed by atoms with van der Waals surface area (Å²) in [5, 5.41) is 6.21. The van der Waals surface area contributed by atoms with E-state index in [4.69, 9.17) is 12.2 Å². The molecular formula is C15H19N3O2S. The van der Waals surface area contributed by atoms with Crippen molar-refractivity contribution in [3.05, 3.63) is 29.8 Å². The molecule has 1 aromatic carbocycles. The van der Waals surface area contributed by atoms with Gasteiger partial charge in [-0.15, -0.1) is 0 Å². The number of thiocarbonyl (C=S) groups is 1. The zero-order valence-electron chi connectivity index (χ0n) is 12.3. The van der Waals surface area contributed by atoms with Crippen molar-refractivity contribution < 1.29 is 9.59 Å². The Morgan fingerprint density at radius 1 is 1.43 bits per heavy atom. The van der Waals surface area contributed by atoms with Crippen molar-refractivity contribution >= 4 is 34.8 Å². The summed E-state index contributed by atoms with van der Waals surface area (Å²) in [6.07, 6.45) is 0.879. The van der Waals surface area contributed by atoms with E-state index < -0.39 is 0 Å². The number of carbonyl (C=O) groups excluding carboxylic acids is 2. The molecule has 1 saturated heterocycles. The molecule has 0 unspecified atom stereocenters. The maximum atomic E-state index is 12.0. The third kappa shape index (κ3) is 3.21. The second kappa shape index (κ2) is 6.22. The van der Waals surface area contributed by atoms with Crippen molar-refractivity contribution in [2.24, 2.45) is 0 Å². The largest absolute Gasteiger partial charge is 0.350 e. The van der Waals surface area contributed by atoms with E-state index in [0.29, 0.717) is 16.4 Å². The van der Waals surface area contributed by atoms with E-state index in [1.54, 1.807) is 31.2 Å². The number of anilines is 1. The Kier molecular flexibility index (Phi) is 4.57. The van der Waals surface area contributed by atoms with Crippen LogP contribution in [0.3, 0.4) is 0 Å². The van der Waals surface area contributed by atoms with Crippen molar-refractivity contribution in [3.63, 3.8) is 0 Å². The number of hydrogen-bond donors (Lipinski definition) is 2. The van der Waals surface area contributed by atoms with Crippen LogP contribution in [0.15, 0.2) is 24.3 Å². The molecule has 0 saturated carbocycles. The van der Waals surface area contributed by atoms with Crippen LogP contribution in [0.4, 0.5) is 5.69 Å². The summed E-state index contributed by atoms with van der Waals surface area (Å²) >= 11 is 5.15. The van der Waals surface area contributed by atoms with E-state index in [2.05, 4.69) is 10.6 Å². The number of hydrogen-bond acceptors (Lipinski definition) is 3. The summed E-state index contributed by atoms with van der Waals surface area (Å²) in [5.41, 5.74) is 1.24. The fourth-order valence-electron chi connectivity index (χ4n) is 2.02. The molecule has 2 amide bonds. The molecule has 0 radical (unpaired) electrons. The second-order valence-electron chi connectivity index (χ2n) is 5.17. The van der Waals surface area contributed by atoms with Gasteiger partial charge in [-0.2, -0.15) is 0 Å². The predicted octanol–water partition coefficient (Wildman–Crippen LogP) is 1.82. The molecule has 1 heterocycles.